The summed E-state index contributed by atoms with van der Waals surface area (Å²) in [5.74, 6) is -3.60. The zero-order chi connectivity index (χ0) is 27.3. The predicted octanol–water partition coefficient (Wildman–Crippen LogP) is 2.65. The zero-order valence-corrected chi connectivity index (χ0v) is 21.2. The summed E-state index contributed by atoms with van der Waals surface area (Å²) in [4.78, 5) is 52.2. The van der Waals surface area contributed by atoms with Crippen LogP contribution in [0.15, 0.2) is 42.5 Å². The number of amides is 3. The van der Waals surface area contributed by atoms with Crippen LogP contribution in [0.5, 0.6) is 0 Å². The molecule has 0 bridgehead atoms. The molecule has 0 saturated heterocycles. The Kier molecular flexibility index (Phi) is 8.56. The van der Waals surface area contributed by atoms with Crippen molar-refractivity contribution in [2.75, 3.05) is 23.8 Å². The van der Waals surface area contributed by atoms with Gasteiger partial charge in [-0.25, -0.2) is 4.39 Å². The van der Waals surface area contributed by atoms with Crippen LogP contribution in [-0.2, 0) is 14.3 Å². The van der Waals surface area contributed by atoms with Crippen molar-refractivity contribution >= 4 is 46.6 Å². The number of hydrogen-bond donors (Lipinski definition) is 3. The third-order valence-electron chi connectivity index (χ3n) is 5.26. The van der Waals surface area contributed by atoms with Crippen molar-refractivity contribution in [2.24, 2.45) is 5.73 Å². The Morgan fingerprint density at radius 3 is 2.27 bits per heavy atom. The Labute approximate surface area is 216 Å². The summed E-state index contributed by atoms with van der Waals surface area (Å²) in [5.41, 5.74) is 13.1. The van der Waals surface area contributed by atoms with Gasteiger partial charge in [-0.3, -0.25) is 24.1 Å². The Hall–Kier alpha value is -4.32. The van der Waals surface area contributed by atoms with Crippen molar-refractivity contribution in [2.45, 2.75) is 26.8 Å². The highest BCUT2D eigenvalue weighted by Gasteiger charge is 2.36. The molecule has 0 aliphatic rings. The lowest BCUT2D eigenvalue weighted by Gasteiger charge is -2.31. The van der Waals surface area contributed by atoms with Crippen LogP contribution in [0.25, 0.3) is 0 Å². The first kappa shape index (κ1) is 27.3. The number of nitrogen functional groups attached to an aromatic ring is 1. The molecule has 0 aliphatic carbocycles. The number of rotatable bonds is 9. The van der Waals surface area contributed by atoms with Crippen molar-refractivity contribution in [3.05, 3.63) is 75.5 Å². The monoisotopic (exact) mass is 527 g/mol. The van der Waals surface area contributed by atoms with E-state index < -0.39 is 42.1 Å². The van der Waals surface area contributed by atoms with E-state index in [4.69, 9.17) is 16.2 Å². The number of hydrogen-bond acceptors (Lipinski definition) is 8. The van der Waals surface area contributed by atoms with Gasteiger partial charge < -0.3 is 21.5 Å². The average Bonchev–Trinajstić information content (AvgIpc) is 3.22. The number of benzene rings is 2. The number of nitrogens with two attached hydrogens (primary N) is 2. The van der Waals surface area contributed by atoms with Gasteiger partial charge in [0.15, 0.2) is 5.69 Å². The molecular formula is C25H26FN5O5S. The van der Waals surface area contributed by atoms with Crippen molar-refractivity contribution in [1.82, 2.24) is 9.69 Å². The van der Waals surface area contributed by atoms with Crippen molar-refractivity contribution in [3.8, 4) is 0 Å². The number of carbonyl (C=O) groups is 4. The summed E-state index contributed by atoms with van der Waals surface area (Å²) >= 11 is 0.663. The van der Waals surface area contributed by atoms with Crippen LogP contribution in [0.3, 0.4) is 0 Å². The van der Waals surface area contributed by atoms with Gasteiger partial charge in [0.05, 0.1) is 12.3 Å². The normalized spacial score (nSPS) is 11.5. The van der Waals surface area contributed by atoms with E-state index in [9.17, 15) is 23.6 Å². The summed E-state index contributed by atoms with van der Waals surface area (Å²) in [7, 11) is 0. The van der Waals surface area contributed by atoms with Gasteiger partial charge in [-0.05, 0) is 73.3 Å². The van der Waals surface area contributed by atoms with Crippen LogP contribution in [0, 0.1) is 19.7 Å². The fraction of sp³-hybridized carbons (Fsp3) is 0.240. The number of ether oxygens (including phenoxy) is 1. The maximum absolute atomic E-state index is 14.0. The lowest BCUT2D eigenvalue weighted by Crippen LogP contribution is -2.45. The molecule has 37 heavy (non-hydrogen) atoms. The molecule has 3 rings (SSSR count). The first-order chi connectivity index (χ1) is 17.5. The fourth-order valence-electron chi connectivity index (χ4n) is 3.74. The minimum Gasteiger partial charge on any atom is -0.465 e. The molecule has 12 heteroatoms. The molecule has 194 valence electrons. The van der Waals surface area contributed by atoms with Gasteiger partial charge >= 0.3 is 5.97 Å². The van der Waals surface area contributed by atoms with E-state index in [-0.39, 0.29) is 28.4 Å². The molecule has 1 heterocycles. The third kappa shape index (κ3) is 6.28. The number of carbonyl (C=O) groups excluding carboxylic acids is 4. The Balaban J connectivity index is 2.19. The lowest BCUT2D eigenvalue weighted by atomic mass is 10.0. The largest absolute Gasteiger partial charge is 0.465 e. The third-order valence-corrected chi connectivity index (χ3v) is 6.11. The predicted molar refractivity (Wildman–Crippen MR) is 137 cm³/mol. The second-order valence-corrected chi connectivity index (χ2v) is 8.91. The second-order valence-electron chi connectivity index (χ2n) is 8.14. The number of aryl methyl sites for hydroxylation is 2. The SMILES string of the molecule is CCOC(=O)CNC(=O)C(c1ccc(F)cc1)N(C(=O)c1snc(C(N)=O)c1N)c1cc(C)cc(C)c1. The molecule has 0 fully saturated rings. The molecule has 0 aliphatic heterocycles. The van der Waals surface area contributed by atoms with Crippen LogP contribution in [0.2, 0.25) is 0 Å². The average molecular weight is 528 g/mol. The molecular weight excluding hydrogens is 501 g/mol. The van der Waals surface area contributed by atoms with E-state index in [2.05, 4.69) is 9.69 Å². The Morgan fingerprint density at radius 2 is 1.73 bits per heavy atom. The molecule has 10 nitrogen and oxygen atoms in total. The summed E-state index contributed by atoms with van der Waals surface area (Å²) in [6.45, 7) is 4.93. The molecule has 0 saturated carbocycles. The molecule has 5 N–H and O–H groups in total. The van der Waals surface area contributed by atoms with Crippen LogP contribution >= 0.6 is 11.5 Å². The van der Waals surface area contributed by atoms with E-state index in [0.717, 1.165) is 23.3 Å². The van der Waals surface area contributed by atoms with Gasteiger partial charge in [0.1, 0.15) is 23.3 Å². The highest BCUT2D eigenvalue weighted by molar-refractivity contribution is 7.09. The first-order valence-electron chi connectivity index (χ1n) is 11.2. The number of aromatic nitrogens is 1. The van der Waals surface area contributed by atoms with Crippen molar-refractivity contribution < 1.29 is 28.3 Å². The van der Waals surface area contributed by atoms with E-state index >= 15 is 0 Å². The van der Waals surface area contributed by atoms with Gasteiger partial charge in [0, 0.05) is 5.69 Å². The first-order valence-corrected chi connectivity index (χ1v) is 12.0. The van der Waals surface area contributed by atoms with Crippen LogP contribution in [0.1, 0.15) is 49.8 Å². The molecule has 1 aromatic heterocycles. The molecule has 1 unspecified atom stereocenters. The number of anilines is 2. The summed E-state index contributed by atoms with van der Waals surface area (Å²) < 4.78 is 22.5. The molecule has 3 aromatic rings. The van der Waals surface area contributed by atoms with Gasteiger partial charge in [-0.1, -0.05) is 18.2 Å². The van der Waals surface area contributed by atoms with Gasteiger partial charge in [0.25, 0.3) is 11.8 Å². The number of primary amides is 1. The number of nitrogens with zero attached hydrogens (tertiary/aromatic N) is 2. The maximum atomic E-state index is 14.0. The standard InChI is InChI=1S/C25H26FN5O5S/c1-4-36-18(32)12-29-24(34)21(15-5-7-16(26)8-6-15)31(17-10-13(2)9-14(3)11-17)25(35)22-19(27)20(23(28)33)30-37-22/h5-11,21H,4,12,27H2,1-3H3,(H2,28,33)(H,29,34). The number of halogens is 1. The van der Waals surface area contributed by atoms with Crippen LogP contribution in [0.4, 0.5) is 15.8 Å². The van der Waals surface area contributed by atoms with E-state index in [1.807, 2.05) is 19.9 Å². The number of esters is 1. The molecule has 0 radical (unpaired) electrons. The Bertz CT molecular complexity index is 1320. The van der Waals surface area contributed by atoms with Gasteiger partial charge in [-0.2, -0.15) is 4.37 Å². The summed E-state index contributed by atoms with van der Waals surface area (Å²) in [6, 6.07) is 8.91. The van der Waals surface area contributed by atoms with E-state index in [1.165, 1.54) is 17.0 Å². The summed E-state index contributed by atoms with van der Waals surface area (Å²) in [5, 5.41) is 2.49. The molecule has 3 amide bonds. The highest BCUT2D eigenvalue weighted by atomic mass is 32.1. The minimum atomic E-state index is -1.36. The van der Waals surface area contributed by atoms with Gasteiger partial charge in [-0.15, -0.1) is 0 Å². The molecule has 0 spiro atoms. The number of nitrogens with one attached hydrogen (secondary N) is 1. The quantitative estimate of drug-likeness (QED) is 0.361. The van der Waals surface area contributed by atoms with Crippen LogP contribution < -0.4 is 21.7 Å². The Morgan fingerprint density at radius 1 is 1.11 bits per heavy atom. The summed E-state index contributed by atoms with van der Waals surface area (Å²) in [6.07, 6.45) is 0. The second kappa shape index (κ2) is 11.6. The van der Waals surface area contributed by atoms with Gasteiger partial charge in [0.2, 0.25) is 5.91 Å². The topological polar surface area (TPSA) is 158 Å². The lowest BCUT2D eigenvalue weighted by molar-refractivity contribution is -0.143. The van der Waals surface area contributed by atoms with Crippen molar-refractivity contribution in [1.29, 1.82) is 0 Å². The smallest absolute Gasteiger partial charge is 0.325 e. The fourth-order valence-corrected chi connectivity index (χ4v) is 4.48. The maximum Gasteiger partial charge on any atom is 0.325 e. The zero-order valence-electron chi connectivity index (χ0n) is 20.4. The van der Waals surface area contributed by atoms with E-state index in [0.29, 0.717) is 17.2 Å². The highest BCUT2D eigenvalue weighted by Crippen LogP contribution is 2.34. The van der Waals surface area contributed by atoms with E-state index in [1.54, 1.807) is 19.1 Å². The van der Waals surface area contributed by atoms with Crippen molar-refractivity contribution in [3.63, 3.8) is 0 Å². The molecule has 2 aromatic carbocycles. The molecule has 1 atom stereocenters. The van der Waals surface area contributed by atoms with Crippen LogP contribution in [-0.4, -0.2) is 41.2 Å². The minimum absolute atomic E-state index is 0.113.